The largest absolute Gasteiger partial charge is 0.481 e. The summed E-state index contributed by atoms with van der Waals surface area (Å²) in [5.74, 6) is 5.21. The van der Waals surface area contributed by atoms with Crippen LogP contribution in [0.1, 0.15) is 128 Å². The van der Waals surface area contributed by atoms with E-state index < -0.39 is 14.0 Å². The number of carbonyl (C=O) groups excluding carboxylic acids is 2. The van der Waals surface area contributed by atoms with Gasteiger partial charge in [0.2, 0.25) is 0 Å². The van der Waals surface area contributed by atoms with E-state index in [2.05, 4.69) is 103 Å². The van der Waals surface area contributed by atoms with Gasteiger partial charge in [0.25, 0.3) is 0 Å². The number of ketones is 1. The van der Waals surface area contributed by atoms with E-state index >= 15 is 0 Å². The van der Waals surface area contributed by atoms with Gasteiger partial charge in [0.15, 0.2) is 0 Å². The van der Waals surface area contributed by atoms with Crippen molar-refractivity contribution >= 4 is 25.8 Å². The van der Waals surface area contributed by atoms with Gasteiger partial charge in [-0.05, 0) is 89.9 Å². The van der Waals surface area contributed by atoms with E-state index in [0.717, 1.165) is 89.9 Å². The minimum atomic E-state index is -1.25. The highest BCUT2D eigenvalue weighted by Gasteiger charge is 2.07. The smallest absolute Gasteiger partial charge is 0.305 e. The molecule has 0 aliphatic carbocycles. The first-order valence-electron chi connectivity index (χ1n) is 18.8. The van der Waals surface area contributed by atoms with Gasteiger partial charge in [-0.3, -0.25) is 14.4 Å². The highest BCUT2D eigenvalue weighted by atomic mass is 28.3. The molecule has 0 fully saturated rings. The number of carboxylic acids is 1. The SMILES string of the molecule is C#CCCCC(=O)CC/C=C\C/C=C\C/C=C\CCCC(=O)O.COC(=O)CCC/C=C\C/C=C\C/C=C\CCC(O)CCCC#C[Si](C)(C)C. The Labute approximate surface area is 312 Å². The molecular weight excluding hydrogens is 653 g/mol. The van der Waals surface area contributed by atoms with E-state index in [4.69, 9.17) is 11.5 Å². The zero-order valence-corrected chi connectivity index (χ0v) is 33.3. The van der Waals surface area contributed by atoms with E-state index in [1.807, 2.05) is 12.2 Å². The monoisotopic (exact) mass is 720 g/mol. The summed E-state index contributed by atoms with van der Waals surface area (Å²) in [5, 5.41) is 18.5. The van der Waals surface area contributed by atoms with E-state index in [-0.39, 0.29) is 24.3 Å². The van der Waals surface area contributed by atoms with Crippen LogP contribution in [0.5, 0.6) is 0 Å². The van der Waals surface area contributed by atoms with Crippen LogP contribution in [-0.4, -0.2) is 49.2 Å². The fourth-order valence-electron chi connectivity index (χ4n) is 4.34. The number of allylic oxidation sites excluding steroid dienone is 12. The van der Waals surface area contributed by atoms with Gasteiger partial charge in [-0.25, -0.2) is 0 Å². The maximum Gasteiger partial charge on any atom is 0.305 e. The molecule has 0 aromatic carbocycles. The summed E-state index contributed by atoms with van der Waals surface area (Å²) in [6.07, 6.45) is 45.7. The van der Waals surface area contributed by atoms with Crippen LogP contribution in [0.2, 0.25) is 19.6 Å². The van der Waals surface area contributed by atoms with Crippen molar-refractivity contribution in [1.29, 1.82) is 0 Å². The molecule has 51 heavy (non-hydrogen) atoms. The Morgan fingerprint density at radius 3 is 1.67 bits per heavy atom. The molecule has 0 aromatic rings. The Hall–Kier alpha value is -3.65. The lowest BCUT2D eigenvalue weighted by atomic mass is 10.1. The van der Waals surface area contributed by atoms with Crippen molar-refractivity contribution in [2.75, 3.05) is 7.11 Å². The van der Waals surface area contributed by atoms with Crippen molar-refractivity contribution in [2.24, 2.45) is 0 Å². The molecule has 7 heteroatoms. The van der Waals surface area contributed by atoms with Gasteiger partial charge in [-0.15, -0.1) is 23.8 Å². The number of aliphatic hydroxyl groups excluding tert-OH is 1. The van der Waals surface area contributed by atoms with Crippen molar-refractivity contribution in [3.63, 3.8) is 0 Å². The maximum atomic E-state index is 11.5. The lowest BCUT2D eigenvalue weighted by Crippen LogP contribution is -2.16. The van der Waals surface area contributed by atoms with Crippen LogP contribution >= 0.6 is 0 Å². The lowest BCUT2D eigenvalue weighted by Gasteiger charge is -2.07. The second-order valence-electron chi connectivity index (χ2n) is 13.3. The number of aliphatic carboxylic acids is 1. The van der Waals surface area contributed by atoms with Crippen molar-refractivity contribution in [2.45, 2.75) is 154 Å². The fourth-order valence-corrected chi connectivity index (χ4v) is 4.99. The van der Waals surface area contributed by atoms with E-state index in [1.54, 1.807) is 0 Å². The number of terminal acetylenes is 1. The Bertz CT molecular complexity index is 1180. The second kappa shape index (κ2) is 37.6. The second-order valence-corrected chi connectivity index (χ2v) is 18.1. The number of carbonyl (C=O) groups is 3. The first-order valence-corrected chi connectivity index (χ1v) is 22.3. The Balaban J connectivity index is 0. The molecule has 0 spiro atoms. The molecule has 0 saturated carbocycles. The fraction of sp³-hybridized carbons (Fsp3) is 0.568. The van der Waals surface area contributed by atoms with Crippen LogP contribution in [0, 0.1) is 23.8 Å². The van der Waals surface area contributed by atoms with Crippen molar-refractivity contribution in [1.82, 2.24) is 0 Å². The van der Waals surface area contributed by atoms with Crippen molar-refractivity contribution in [3.8, 4) is 23.8 Å². The van der Waals surface area contributed by atoms with Crippen molar-refractivity contribution in [3.05, 3.63) is 72.9 Å². The van der Waals surface area contributed by atoms with Crippen LogP contribution in [0.4, 0.5) is 0 Å². The number of aliphatic hydroxyl groups is 1. The van der Waals surface area contributed by atoms with Gasteiger partial charge in [0.05, 0.1) is 13.2 Å². The molecule has 0 rings (SSSR count). The van der Waals surface area contributed by atoms with E-state index in [0.29, 0.717) is 32.1 Å². The number of ether oxygens (including phenoxy) is 1. The summed E-state index contributed by atoms with van der Waals surface area (Å²) in [7, 11) is 0.176. The minimum absolute atomic E-state index is 0.139. The summed E-state index contributed by atoms with van der Waals surface area (Å²) >= 11 is 0. The van der Waals surface area contributed by atoms with E-state index in [1.165, 1.54) is 7.11 Å². The van der Waals surface area contributed by atoms with Crippen molar-refractivity contribution < 1.29 is 29.3 Å². The number of esters is 1. The quantitative estimate of drug-likeness (QED) is 0.0274. The normalized spacial score (nSPS) is 12.4. The highest BCUT2D eigenvalue weighted by molar-refractivity contribution is 6.83. The lowest BCUT2D eigenvalue weighted by molar-refractivity contribution is -0.140. The number of unbranched alkanes of at least 4 members (excludes halogenated alkanes) is 4. The molecule has 0 aromatic heterocycles. The first kappa shape index (κ1) is 49.5. The van der Waals surface area contributed by atoms with Gasteiger partial charge in [0.1, 0.15) is 13.9 Å². The third-order valence-corrected chi connectivity index (χ3v) is 8.09. The van der Waals surface area contributed by atoms with Gasteiger partial charge >= 0.3 is 11.9 Å². The molecule has 284 valence electrons. The Morgan fingerprint density at radius 2 is 1.16 bits per heavy atom. The van der Waals surface area contributed by atoms with Gasteiger partial charge in [0, 0.05) is 38.5 Å². The molecule has 6 nitrogen and oxygen atoms in total. The molecule has 0 heterocycles. The number of Topliss-reactive ketones (excluding diaryl/α,β-unsaturated/α-hetero) is 1. The molecule has 0 amide bonds. The standard InChI is InChI=1S/C24H40O3Si.C20H28O3/c1-27-24(26)21-17-13-11-9-7-5-6-8-10-12-15-19-23(25)20-16-14-18-22-28(2,3)4;1-2-3-13-16-19(21)17-14-11-9-7-5-4-6-8-10-12-15-18-20(22)23/h5-6,9-12,23,25H,7-8,13-17,19-21H2,1-4H3;1,4-5,8-11H,3,6-7,12-18H2,(H,22,23)/b6-5-,11-9-,12-10-;5-4-,10-8-,11-9-. The number of hydrogen-bond donors (Lipinski definition) is 2. The van der Waals surface area contributed by atoms with Gasteiger partial charge < -0.3 is 14.9 Å². The van der Waals surface area contributed by atoms with Crippen LogP contribution in [0.15, 0.2) is 72.9 Å². The van der Waals surface area contributed by atoms with Crippen LogP contribution < -0.4 is 0 Å². The molecule has 1 atom stereocenters. The molecule has 0 aliphatic heterocycles. The number of carboxylic acid groups (broad SMARTS) is 1. The average molecular weight is 721 g/mol. The Kier molecular flexibility index (Phi) is 36.5. The van der Waals surface area contributed by atoms with Crippen LogP contribution in [-0.2, 0) is 19.1 Å². The molecular formula is C44H68O6Si. The van der Waals surface area contributed by atoms with Gasteiger partial charge in [-0.2, -0.15) is 0 Å². The summed E-state index contributed by atoms with van der Waals surface area (Å²) < 4.78 is 4.60. The van der Waals surface area contributed by atoms with Crippen LogP contribution in [0.3, 0.4) is 0 Å². The zero-order chi connectivity index (χ0) is 38.3. The predicted molar refractivity (Wildman–Crippen MR) is 218 cm³/mol. The third-order valence-electron chi connectivity index (χ3n) is 7.17. The molecule has 0 bridgehead atoms. The molecule has 2 N–H and O–H groups in total. The molecule has 0 aliphatic rings. The minimum Gasteiger partial charge on any atom is -0.481 e. The molecule has 1 unspecified atom stereocenters. The summed E-state index contributed by atoms with van der Waals surface area (Å²) in [6.45, 7) is 6.76. The summed E-state index contributed by atoms with van der Waals surface area (Å²) in [4.78, 5) is 32.7. The zero-order valence-electron chi connectivity index (χ0n) is 32.3. The number of rotatable bonds is 28. The number of hydrogen-bond acceptors (Lipinski definition) is 5. The van der Waals surface area contributed by atoms with E-state index in [9.17, 15) is 19.5 Å². The first-order chi connectivity index (χ1) is 24.5. The number of methoxy groups -OCH3 is 1. The predicted octanol–water partition coefficient (Wildman–Crippen LogP) is 10.8. The van der Waals surface area contributed by atoms with Gasteiger partial charge in [-0.1, -0.05) is 92.6 Å². The highest BCUT2D eigenvalue weighted by Crippen LogP contribution is 2.08. The summed E-state index contributed by atoms with van der Waals surface area (Å²) in [6, 6.07) is 0. The summed E-state index contributed by atoms with van der Waals surface area (Å²) in [5.41, 5.74) is 3.36. The topological polar surface area (TPSA) is 101 Å². The third kappa shape index (κ3) is 46.3. The molecule has 0 saturated heterocycles. The maximum absolute atomic E-state index is 11.5. The molecule has 0 radical (unpaired) electrons. The average Bonchev–Trinajstić information content (AvgIpc) is 3.08. The Morgan fingerprint density at radius 1 is 0.647 bits per heavy atom. The van der Waals surface area contributed by atoms with Crippen LogP contribution in [0.25, 0.3) is 0 Å².